The van der Waals surface area contributed by atoms with Crippen LogP contribution in [-0.4, -0.2) is 23.6 Å². The van der Waals surface area contributed by atoms with Gasteiger partial charge in [0, 0.05) is 23.6 Å². The van der Waals surface area contributed by atoms with E-state index in [0.717, 1.165) is 18.0 Å². The molecule has 2 heteroatoms. The molecule has 0 radical (unpaired) electrons. The lowest BCUT2D eigenvalue weighted by Crippen LogP contribution is -2.45. The lowest BCUT2D eigenvalue weighted by atomic mass is 10.0. The number of nitrogens with one attached hydrogen (secondary N) is 1. The minimum atomic E-state index is 0.721. The minimum absolute atomic E-state index is 0.721. The molecule has 0 aromatic carbocycles. The van der Waals surface area contributed by atoms with E-state index in [2.05, 4.69) is 26.1 Å². The largest absolute Gasteiger partial charge is 0.310 e. The van der Waals surface area contributed by atoms with E-state index in [0.29, 0.717) is 0 Å². The van der Waals surface area contributed by atoms with Crippen molar-refractivity contribution in [2.75, 3.05) is 11.5 Å². The maximum Gasteiger partial charge on any atom is 0.0251 e. The van der Waals surface area contributed by atoms with Gasteiger partial charge in [-0.05, 0) is 25.7 Å². The number of hydrogen-bond donors (Lipinski definition) is 1. The predicted molar refractivity (Wildman–Crippen MR) is 57.8 cm³/mol. The fourth-order valence-electron chi connectivity index (χ4n) is 1.40. The van der Waals surface area contributed by atoms with Crippen LogP contribution in [-0.2, 0) is 0 Å². The maximum atomic E-state index is 3.65. The van der Waals surface area contributed by atoms with Gasteiger partial charge in [-0.2, -0.15) is 11.8 Å². The van der Waals surface area contributed by atoms with E-state index < -0.39 is 0 Å². The molecule has 72 valence electrons. The average Bonchev–Trinajstić information content (AvgIpc) is 1.93. The lowest BCUT2D eigenvalue weighted by molar-refractivity contribution is 0.422. The second-order valence-electron chi connectivity index (χ2n) is 4.27. The molecule has 1 unspecified atom stereocenters. The van der Waals surface area contributed by atoms with E-state index >= 15 is 0 Å². The first kappa shape index (κ1) is 10.4. The molecule has 12 heavy (non-hydrogen) atoms. The van der Waals surface area contributed by atoms with E-state index in [1.807, 2.05) is 11.8 Å². The quantitative estimate of drug-likeness (QED) is 0.710. The molecule has 1 nitrogen and oxygen atoms in total. The van der Waals surface area contributed by atoms with Crippen LogP contribution in [0.2, 0.25) is 0 Å². The van der Waals surface area contributed by atoms with Gasteiger partial charge in [-0.1, -0.05) is 13.8 Å². The predicted octanol–water partition coefficient (Wildman–Crippen LogP) is 2.52. The van der Waals surface area contributed by atoms with Gasteiger partial charge in [0.05, 0.1) is 0 Å². The molecule has 0 aromatic rings. The first-order chi connectivity index (χ1) is 5.68. The Morgan fingerprint density at radius 1 is 1.25 bits per heavy atom. The third kappa shape index (κ3) is 3.81. The van der Waals surface area contributed by atoms with Gasteiger partial charge < -0.3 is 5.32 Å². The van der Waals surface area contributed by atoms with Gasteiger partial charge in [0.1, 0.15) is 0 Å². The minimum Gasteiger partial charge on any atom is -0.310 e. The van der Waals surface area contributed by atoms with E-state index in [4.69, 9.17) is 0 Å². The van der Waals surface area contributed by atoms with Gasteiger partial charge in [-0.15, -0.1) is 0 Å². The Morgan fingerprint density at radius 3 is 2.33 bits per heavy atom. The zero-order chi connectivity index (χ0) is 8.97. The Balaban J connectivity index is 1.98. The van der Waals surface area contributed by atoms with Crippen LogP contribution in [0.15, 0.2) is 0 Å². The lowest BCUT2D eigenvalue weighted by Gasteiger charge is -2.29. The first-order valence-corrected chi connectivity index (χ1v) is 6.17. The Kier molecular flexibility index (Phi) is 4.44. The van der Waals surface area contributed by atoms with Crippen molar-refractivity contribution in [2.24, 2.45) is 5.92 Å². The second-order valence-corrected chi connectivity index (χ2v) is 5.35. The maximum absolute atomic E-state index is 3.65. The van der Waals surface area contributed by atoms with Crippen LogP contribution in [0.1, 0.15) is 33.6 Å². The third-order valence-electron chi connectivity index (χ3n) is 2.34. The summed E-state index contributed by atoms with van der Waals surface area (Å²) >= 11 is 2.05. The molecule has 0 amide bonds. The zero-order valence-corrected chi connectivity index (χ0v) is 9.29. The van der Waals surface area contributed by atoms with Crippen molar-refractivity contribution >= 4 is 11.8 Å². The Bertz CT molecular complexity index is 121. The molecule has 1 N–H and O–H groups in total. The summed E-state index contributed by atoms with van der Waals surface area (Å²) in [5, 5.41) is 3.65. The van der Waals surface area contributed by atoms with Crippen molar-refractivity contribution in [3.05, 3.63) is 0 Å². The highest BCUT2D eigenvalue weighted by Crippen LogP contribution is 2.18. The summed E-state index contributed by atoms with van der Waals surface area (Å²) in [5.74, 6) is 3.50. The van der Waals surface area contributed by atoms with Gasteiger partial charge in [-0.3, -0.25) is 0 Å². The fourth-order valence-corrected chi connectivity index (χ4v) is 2.06. The summed E-state index contributed by atoms with van der Waals surface area (Å²) in [6.07, 6.45) is 2.69. The van der Waals surface area contributed by atoms with E-state index in [1.165, 1.54) is 24.3 Å². The highest BCUT2D eigenvalue weighted by atomic mass is 32.2. The first-order valence-electron chi connectivity index (χ1n) is 5.02. The summed E-state index contributed by atoms with van der Waals surface area (Å²) in [5.41, 5.74) is 0. The summed E-state index contributed by atoms with van der Waals surface area (Å²) in [6.45, 7) is 6.91. The molecule has 0 spiro atoms. The molecule has 0 aliphatic carbocycles. The summed E-state index contributed by atoms with van der Waals surface area (Å²) in [7, 11) is 0. The van der Waals surface area contributed by atoms with Crippen LogP contribution in [0.25, 0.3) is 0 Å². The summed E-state index contributed by atoms with van der Waals surface area (Å²) in [4.78, 5) is 0. The SMILES string of the molecule is CC(C)CCC(C)NC1CSC1. The van der Waals surface area contributed by atoms with Crippen LogP contribution < -0.4 is 5.32 Å². The number of rotatable bonds is 5. The molecule has 1 heterocycles. The van der Waals surface area contributed by atoms with Crippen LogP contribution in [0.4, 0.5) is 0 Å². The molecule has 0 saturated carbocycles. The molecule has 1 atom stereocenters. The van der Waals surface area contributed by atoms with Crippen LogP contribution >= 0.6 is 11.8 Å². The zero-order valence-electron chi connectivity index (χ0n) is 8.47. The third-order valence-corrected chi connectivity index (χ3v) is 3.61. The molecule has 0 bridgehead atoms. The summed E-state index contributed by atoms with van der Waals surface area (Å²) in [6, 6.07) is 1.54. The smallest absolute Gasteiger partial charge is 0.0251 e. The van der Waals surface area contributed by atoms with Crippen molar-refractivity contribution < 1.29 is 0 Å². The Morgan fingerprint density at radius 2 is 1.92 bits per heavy atom. The van der Waals surface area contributed by atoms with Crippen molar-refractivity contribution in [1.82, 2.24) is 5.32 Å². The number of hydrogen-bond acceptors (Lipinski definition) is 2. The molecule has 0 aromatic heterocycles. The average molecular weight is 187 g/mol. The topological polar surface area (TPSA) is 12.0 Å². The fraction of sp³-hybridized carbons (Fsp3) is 1.00. The number of thioether (sulfide) groups is 1. The monoisotopic (exact) mass is 187 g/mol. The van der Waals surface area contributed by atoms with E-state index in [9.17, 15) is 0 Å². The van der Waals surface area contributed by atoms with Gasteiger partial charge in [-0.25, -0.2) is 0 Å². The van der Waals surface area contributed by atoms with Gasteiger partial charge in [0.25, 0.3) is 0 Å². The van der Waals surface area contributed by atoms with E-state index in [-0.39, 0.29) is 0 Å². The molecule has 1 saturated heterocycles. The molecule has 1 rings (SSSR count). The van der Waals surface area contributed by atoms with Gasteiger partial charge >= 0.3 is 0 Å². The Labute approximate surface area is 80.7 Å². The van der Waals surface area contributed by atoms with E-state index in [1.54, 1.807) is 0 Å². The molecular formula is C10H21NS. The van der Waals surface area contributed by atoms with Crippen molar-refractivity contribution in [2.45, 2.75) is 45.7 Å². The van der Waals surface area contributed by atoms with Gasteiger partial charge in [0.2, 0.25) is 0 Å². The highest BCUT2D eigenvalue weighted by molar-refractivity contribution is 8.00. The normalized spacial score (nSPS) is 21.0. The van der Waals surface area contributed by atoms with Crippen molar-refractivity contribution in [3.63, 3.8) is 0 Å². The Hall–Kier alpha value is 0.310. The summed E-state index contributed by atoms with van der Waals surface area (Å²) < 4.78 is 0. The van der Waals surface area contributed by atoms with Crippen molar-refractivity contribution in [3.8, 4) is 0 Å². The van der Waals surface area contributed by atoms with Crippen LogP contribution in [0.5, 0.6) is 0 Å². The molecular weight excluding hydrogens is 166 g/mol. The molecule has 1 aliphatic heterocycles. The van der Waals surface area contributed by atoms with Crippen LogP contribution in [0, 0.1) is 5.92 Å². The second kappa shape index (κ2) is 5.13. The van der Waals surface area contributed by atoms with Crippen molar-refractivity contribution in [1.29, 1.82) is 0 Å². The van der Waals surface area contributed by atoms with Gasteiger partial charge in [0.15, 0.2) is 0 Å². The van der Waals surface area contributed by atoms with Crippen LogP contribution in [0.3, 0.4) is 0 Å². The molecule has 1 aliphatic rings. The molecule has 1 fully saturated rings. The highest BCUT2D eigenvalue weighted by Gasteiger charge is 2.19. The standard InChI is InChI=1S/C10H21NS/c1-8(2)4-5-9(3)11-10-6-12-7-10/h8-11H,4-7H2,1-3H3.